The second-order valence-electron chi connectivity index (χ2n) is 6.66. The summed E-state index contributed by atoms with van der Waals surface area (Å²) < 4.78 is 7.67. The number of imidazole rings is 1. The van der Waals surface area contributed by atoms with Crippen molar-refractivity contribution in [3.8, 4) is 11.4 Å². The van der Waals surface area contributed by atoms with Crippen LogP contribution in [0.4, 0.5) is 0 Å². The fourth-order valence-corrected chi connectivity index (χ4v) is 3.30. The standard InChI is InChI=1S/C23H20ClN3O2/c1-26(14-15-29-22-9-5-2-6-19(22)24)23(28)17-10-12-18(13-11-17)27-16-25-20-7-3-4-8-21(20)27/h2-13,16H,14-15H2,1H3. The summed E-state index contributed by atoms with van der Waals surface area (Å²) >= 11 is 6.08. The van der Waals surface area contributed by atoms with Gasteiger partial charge in [-0.3, -0.25) is 9.36 Å². The SMILES string of the molecule is CN(CCOc1ccccc1Cl)C(=O)c1ccc(-n2cnc3ccccc32)cc1. The lowest BCUT2D eigenvalue weighted by Crippen LogP contribution is -2.30. The average Bonchev–Trinajstić information content (AvgIpc) is 3.19. The molecule has 0 aliphatic rings. The van der Waals surface area contributed by atoms with E-state index in [1.54, 1.807) is 24.3 Å². The van der Waals surface area contributed by atoms with Gasteiger partial charge in [0.05, 0.1) is 22.6 Å². The maximum absolute atomic E-state index is 12.7. The van der Waals surface area contributed by atoms with Gasteiger partial charge in [-0.1, -0.05) is 35.9 Å². The first kappa shape index (κ1) is 19.0. The second-order valence-corrected chi connectivity index (χ2v) is 7.06. The van der Waals surface area contributed by atoms with Crippen LogP contribution in [0.3, 0.4) is 0 Å². The van der Waals surface area contributed by atoms with Crippen LogP contribution in [-0.2, 0) is 0 Å². The molecule has 0 atom stereocenters. The highest BCUT2D eigenvalue weighted by atomic mass is 35.5. The summed E-state index contributed by atoms with van der Waals surface area (Å²) in [6.07, 6.45) is 1.79. The van der Waals surface area contributed by atoms with E-state index in [-0.39, 0.29) is 5.91 Å². The minimum Gasteiger partial charge on any atom is -0.490 e. The van der Waals surface area contributed by atoms with Crippen LogP contribution in [0.15, 0.2) is 79.1 Å². The zero-order valence-corrected chi connectivity index (χ0v) is 16.7. The summed E-state index contributed by atoms with van der Waals surface area (Å²) in [6.45, 7) is 0.822. The number of aromatic nitrogens is 2. The zero-order chi connectivity index (χ0) is 20.2. The summed E-state index contributed by atoms with van der Waals surface area (Å²) in [7, 11) is 1.76. The number of benzene rings is 3. The first-order chi connectivity index (χ1) is 14.1. The molecule has 6 heteroatoms. The number of amides is 1. The van der Waals surface area contributed by atoms with E-state index >= 15 is 0 Å². The molecule has 0 N–H and O–H groups in total. The van der Waals surface area contributed by atoms with Crippen molar-refractivity contribution in [2.75, 3.05) is 20.2 Å². The fraction of sp³-hybridized carbons (Fsp3) is 0.130. The number of rotatable bonds is 6. The van der Waals surface area contributed by atoms with Crippen molar-refractivity contribution in [2.45, 2.75) is 0 Å². The van der Waals surface area contributed by atoms with Crippen molar-refractivity contribution >= 4 is 28.5 Å². The topological polar surface area (TPSA) is 47.4 Å². The Balaban J connectivity index is 1.40. The van der Waals surface area contributed by atoms with Crippen molar-refractivity contribution in [1.29, 1.82) is 0 Å². The van der Waals surface area contributed by atoms with Gasteiger partial charge in [-0.25, -0.2) is 4.98 Å². The molecule has 0 radical (unpaired) electrons. The third-order valence-corrected chi connectivity index (χ3v) is 5.03. The Bertz CT molecular complexity index is 1140. The van der Waals surface area contributed by atoms with E-state index in [4.69, 9.17) is 16.3 Å². The number of para-hydroxylation sites is 3. The van der Waals surface area contributed by atoms with Gasteiger partial charge < -0.3 is 9.64 Å². The second kappa shape index (κ2) is 8.37. The van der Waals surface area contributed by atoms with E-state index in [2.05, 4.69) is 4.98 Å². The van der Waals surface area contributed by atoms with E-state index < -0.39 is 0 Å². The molecule has 0 fully saturated rings. The number of halogens is 1. The van der Waals surface area contributed by atoms with Crippen molar-refractivity contribution in [2.24, 2.45) is 0 Å². The molecule has 1 aromatic heterocycles. The van der Waals surface area contributed by atoms with Gasteiger partial charge in [0.15, 0.2) is 0 Å². The molecule has 0 unspecified atom stereocenters. The summed E-state index contributed by atoms with van der Waals surface area (Å²) in [5.74, 6) is 0.557. The lowest BCUT2D eigenvalue weighted by Gasteiger charge is -2.18. The molecular weight excluding hydrogens is 386 g/mol. The van der Waals surface area contributed by atoms with Gasteiger partial charge in [0.25, 0.3) is 5.91 Å². The van der Waals surface area contributed by atoms with Crippen molar-refractivity contribution in [3.05, 3.63) is 89.7 Å². The monoisotopic (exact) mass is 405 g/mol. The van der Waals surface area contributed by atoms with Gasteiger partial charge in [-0.05, 0) is 48.5 Å². The maximum atomic E-state index is 12.7. The molecule has 3 aromatic carbocycles. The molecule has 1 heterocycles. The third kappa shape index (κ3) is 4.10. The van der Waals surface area contributed by atoms with Crippen molar-refractivity contribution in [1.82, 2.24) is 14.5 Å². The summed E-state index contributed by atoms with van der Waals surface area (Å²) in [4.78, 5) is 18.7. The lowest BCUT2D eigenvalue weighted by atomic mass is 10.2. The minimum atomic E-state index is -0.0604. The predicted octanol–water partition coefficient (Wildman–Crippen LogP) is 4.83. The smallest absolute Gasteiger partial charge is 0.253 e. The minimum absolute atomic E-state index is 0.0604. The Morgan fingerprint density at radius 2 is 1.76 bits per heavy atom. The molecule has 0 spiro atoms. The van der Waals surface area contributed by atoms with Crippen LogP contribution in [0.1, 0.15) is 10.4 Å². The van der Waals surface area contributed by atoms with Crippen LogP contribution in [0.5, 0.6) is 5.75 Å². The molecule has 0 saturated heterocycles. The van der Waals surface area contributed by atoms with Gasteiger partial charge in [0.2, 0.25) is 0 Å². The molecule has 5 nitrogen and oxygen atoms in total. The normalized spacial score (nSPS) is 10.8. The van der Waals surface area contributed by atoms with Gasteiger partial charge >= 0.3 is 0 Å². The van der Waals surface area contributed by atoms with Crippen molar-refractivity contribution < 1.29 is 9.53 Å². The Morgan fingerprint density at radius 3 is 2.55 bits per heavy atom. The summed E-state index contributed by atoms with van der Waals surface area (Å²) in [5.41, 5.74) is 3.55. The molecule has 0 bridgehead atoms. The maximum Gasteiger partial charge on any atom is 0.253 e. The number of hydrogen-bond donors (Lipinski definition) is 0. The van der Waals surface area contributed by atoms with Gasteiger partial charge in [-0.15, -0.1) is 0 Å². The van der Waals surface area contributed by atoms with Crippen LogP contribution in [0, 0.1) is 0 Å². The first-order valence-corrected chi connectivity index (χ1v) is 9.66. The van der Waals surface area contributed by atoms with Crippen LogP contribution in [-0.4, -0.2) is 40.6 Å². The molecule has 1 amide bonds. The number of carbonyl (C=O) groups is 1. The van der Waals surface area contributed by atoms with E-state index in [0.29, 0.717) is 29.5 Å². The highest BCUT2D eigenvalue weighted by Gasteiger charge is 2.13. The number of ether oxygens (including phenoxy) is 1. The molecule has 0 aliphatic heterocycles. The highest BCUT2D eigenvalue weighted by molar-refractivity contribution is 6.32. The number of carbonyl (C=O) groups excluding carboxylic acids is 1. The molecule has 146 valence electrons. The van der Waals surface area contributed by atoms with E-state index in [1.807, 2.05) is 71.3 Å². The number of nitrogens with zero attached hydrogens (tertiary/aromatic N) is 3. The highest BCUT2D eigenvalue weighted by Crippen LogP contribution is 2.23. The number of likely N-dealkylation sites (N-methyl/N-ethyl adjacent to an activating group) is 1. The van der Waals surface area contributed by atoms with E-state index in [1.165, 1.54) is 0 Å². The van der Waals surface area contributed by atoms with Crippen LogP contribution < -0.4 is 4.74 Å². The van der Waals surface area contributed by atoms with Crippen LogP contribution in [0.2, 0.25) is 5.02 Å². The quantitative estimate of drug-likeness (QED) is 0.461. The van der Waals surface area contributed by atoms with Gasteiger partial charge in [0, 0.05) is 18.3 Å². The van der Waals surface area contributed by atoms with Crippen molar-refractivity contribution in [3.63, 3.8) is 0 Å². The number of fused-ring (bicyclic) bond motifs is 1. The largest absolute Gasteiger partial charge is 0.490 e. The van der Waals surface area contributed by atoms with E-state index in [9.17, 15) is 4.79 Å². The molecule has 4 aromatic rings. The van der Waals surface area contributed by atoms with E-state index in [0.717, 1.165) is 16.7 Å². The number of hydrogen-bond acceptors (Lipinski definition) is 3. The third-order valence-electron chi connectivity index (χ3n) is 4.71. The van der Waals surface area contributed by atoms with Gasteiger partial charge in [0.1, 0.15) is 18.7 Å². The predicted molar refractivity (Wildman–Crippen MR) is 115 cm³/mol. The van der Waals surface area contributed by atoms with Gasteiger partial charge in [-0.2, -0.15) is 0 Å². The lowest BCUT2D eigenvalue weighted by molar-refractivity contribution is 0.0774. The Labute approximate surface area is 174 Å². The summed E-state index contributed by atoms with van der Waals surface area (Å²) in [6, 6.07) is 22.8. The molecule has 29 heavy (non-hydrogen) atoms. The van der Waals surface area contributed by atoms with Crippen LogP contribution in [0.25, 0.3) is 16.7 Å². The molecular formula is C23H20ClN3O2. The first-order valence-electron chi connectivity index (χ1n) is 9.29. The molecule has 0 aliphatic carbocycles. The molecule has 0 saturated carbocycles. The van der Waals surface area contributed by atoms with Crippen LogP contribution >= 0.6 is 11.6 Å². The Kier molecular flexibility index (Phi) is 5.49. The Morgan fingerprint density at radius 1 is 1.03 bits per heavy atom. The zero-order valence-electron chi connectivity index (χ0n) is 16.0. The average molecular weight is 406 g/mol. The Hall–Kier alpha value is -3.31. The fourth-order valence-electron chi connectivity index (χ4n) is 3.11. The summed E-state index contributed by atoms with van der Waals surface area (Å²) in [5, 5.41) is 0.559. The molecule has 4 rings (SSSR count).